The van der Waals surface area contributed by atoms with Gasteiger partial charge in [0, 0.05) is 19.1 Å². The third kappa shape index (κ3) is 5.87. The topological polar surface area (TPSA) is 58.6 Å². The lowest BCUT2D eigenvalue weighted by molar-refractivity contribution is -0.122. The molecule has 1 aromatic rings. The first-order valence-electron chi connectivity index (χ1n) is 8.68. The molecule has 4 nitrogen and oxygen atoms in total. The van der Waals surface area contributed by atoms with Gasteiger partial charge in [0.2, 0.25) is 5.91 Å². The van der Waals surface area contributed by atoms with Gasteiger partial charge in [0.05, 0.1) is 6.61 Å². The van der Waals surface area contributed by atoms with Crippen LogP contribution in [0, 0.1) is 19.8 Å². The van der Waals surface area contributed by atoms with Crippen molar-refractivity contribution in [1.82, 2.24) is 5.32 Å². The first kappa shape index (κ1) is 17.8. The van der Waals surface area contributed by atoms with Crippen LogP contribution >= 0.6 is 0 Å². The molecule has 23 heavy (non-hydrogen) atoms. The van der Waals surface area contributed by atoms with Crippen molar-refractivity contribution in [3.8, 4) is 5.75 Å². The van der Waals surface area contributed by atoms with Crippen molar-refractivity contribution >= 4 is 5.91 Å². The Hall–Kier alpha value is -1.55. The van der Waals surface area contributed by atoms with Gasteiger partial charge in [-0.3, -0.25) is 4.79 Å². The number of amides is 1. The molecule has 1 aromatic carbocycles. The number of aliphatic hydroxyl groups is 1. The highest BCUT2D eigenvalue weighted by Crippen LogP contribution is 2.23. The van der Waals surface area contributed by atoms with Crippen LogP contribution in [-0.4, -0.2) is 30.3 Å². The third-order valence-electron chi connectivity index (χ3n) is 4.61. The van der Waals surface area contributed by atoms with Crippen molar-refractivity contribution in [3.05, 3.63) is 29.3 Å². The molecule has 0 aromatic heterocycles. The first-order valence-corrected chi connectivity index (χ1v) is 8.68. The molecule has 0 heterocycles. The van der Waals surface area contributed by atoms with Gasteiger partial charge >= 0.3 is 0 Å². The second kappa shape index (κ2) is 8.92. The largest absolute Gasteiger partial charge is 0.493 e. The van der Waals surface area contributed by atoms with Crippen LogP contribution in [0.2, 0.25) is 0 Å². The number of hydrogen-bond donors (Lipinski definition) is 2. The molecule has 1 saturated carbocycles. The van der Waals surface area contributed by atoms with E-state index >= 15 is 0 Å². The molecule has 2 rings (SSSR count). The van der Waals surface area contributed by atoms with E-state index in [-0.39, 0.29) is 18.6 Å². The van der Waals surface area contributed by atoms with Crippen LogP contribution in [0.4, 0.5) is 0 Å². The van der Waals surface area contributed by atoms with Crippen LogP contribution in [0.3, 0.4) is 0 Å². The lowest BCUT2D eigenvalue weighted by Crippen LogP contribution is -2.38. The molecule has 1 fully saturated rings. The highest BCUT2D eigenvalue weighted by Gasteiger charge is 2.21. The molecule has 2 N–H and O–H groups in total. The zero-order valence-electron chi connectivity index (χ0n) is 14.3. The Labute approximate surface area is 139 Å². The van der Waals surface area contributed by atoms with E-state index in [0.717, 1.165) is 43.4 Å². The summed E-state index contributed by atoms with van der Waals surface area (Å²) < 4.78 is 5.75. The summed E-state index contributed by atoms with van der Waals surface area (Å²) in [5.41, 5.74) is 2.36. The van der Waals surface area contributed by atoms with E-state index in [9.17, 15) is 4.79 Å². The maximum Gasteiger partial charge on any atom is 0.220 e. The summed E-state index contributed by atoms with van der Waals surface area (Å²) in [6.07, 6.45) is 5.22. The van der Waals surface area contributed by atoms with E-state index in [1.807, 2.05) is 19.1 Å². The Balaban J connectivity index is 1.61. The Morgan fingerprint density at radius 2 is 2.00 bits per heavy atom. The molecule has 0 bridgehead atoms. The standard InChI is InChI=1S/C19H29NO3/c1-14-5-10-18(15(2)12-14)23-11-3-4-19(22)20-17-8-6-16(13-21)7-9-17/h5,10,12,16-17,21H,3-4,6-9,11,13H2,1-2H3,(H,20,22). The minimum atomic E-state index is 0.113. The smallest absolute Gasteiger partial charge is 0.220 e. The molecule has 128 valence electrons. The Kier molecular flexibility index (Phi) is 6.90. The predicted octanol–water partition coefficient (Wildman–Crippen LogP) is 3.13. The lowest BCUT2D eigenvalue weighted by Gasteiger charge is -2.27. The number of benzene rings is 1. The molecule has 1 aliphatic rings. The van der Waals surface area contributed by atoms with Gasteiger partial charge in [-0.15, -0.1) is 0 Å². The molecule has 4 heteroatoms. The summed E-state index contributed by atoms with van der Waals surface area (Å²) in [5, 5.41) is 12.2. The first-order chi connectivity index (χ1) is 11.1. The van der Waals surface area contributed by atoms with Gasteiger partial charge in [-0.1, -0.05) is 17.7 Å². The fourth-order valence-corrected chi connectivity index (χ4v) is 3.17. The normalized spacial score (nSPS) is 21.0. The van der Waals surface area contributed by atoms with E-state index < -0.39 is 0 Å². The summed E-state index contributed by atoms with van der Waals surface area (Å²) in [5.74, 6) is 1.44. The average molecular weight is 319 g/mol. The van der Waals surface area contributed by atoms with E-state index in [0.29, 0.717) is 18.9 Å². The van der Waals surface area contributed by atoms with Crippen LogP contribution < -0.4 is 10.1 Å². The number of hydrogen-bond acceptors (Lipinski definition) is 3. The molecule has 0 spiro atoms. The molecule has 1 aliphatic carbocycles. The van der Waals surface area contributed by atoms with Crippen molar-refractivity contribution in [2.24, 2.45) is 5.92 Å². The predicted molar refractivity (Wildman–Crippen MR) is 91.6 cm³/mol. The van der Waals surface area contributed by atoms with Crippen LogP contribution in [-0.2, 0) is 4.79 Å². The SMILES string of the molecule is Cc1ccc(OCCCC(=O)NC2CCC(CO)CC2)c(C)c1. The molecule has 0 unspecified atom stereocenters. The van der Waals surface area contributed by atoms with Gasteiger partial charge in [0.25, 0.3) is 0 Å². The van der Waals surface area contributed by atoms with E-state index in [4.69, 9.17) is 9.84 Å². The van der Waals surface area contributed by atoms with Crippen LogP contribution in [0.5, 0.6) is 5.75 Å². The summed E-state index contributed by atoms with van der Waals surface area (Å²) in [6, 6.07) is 6.41. The Bertz CT molecular complexity index is 507. The Morgan fingerprint density at radius 1 is 1.26 bits per heavy atom. The summed E-state index contributed by atoms with van der Waals surface area (Å²) >= 11 is 0. The fraction of sp³-hybridized carbons (Fsp3) is 0.632. The van der Waals surface area contributed by atoms with Crippen LogP contribution in [0.15, 0.2) is 18.2 Å². The molecule has 0 aliphatic heterocycles. The fourth-order valence-electron chi connectivity index (χ4n) is 3.17. The van der Waals surface area contributed by atoms with Crippen LogP contribution in [0.1, 0.15) is 49.7 Å². The average Bonchev–Trinajstić information content (AvgIpc) is 2.54. The highest BCUT2D eigenvalue weighted by molar-refractivity contribution is 5.76. The van der Waals surface area contributed by atoms with Gasteiger partial charge in [-0.25, -0.2) is 0 Å². The maximum atomic E-state index is 12.0. The van der Waals surface area contributed by atoms with Gasteiger partial charge in [-0.05, 0) is 63.5 Å². The van der Waals surface area contributed by atoms with E-state index in [2.05, 4.69) is 18.3 Å². The minimum Gasteiger partial charge on any atom is -0.493 e. The van der Waals surface area contributed by atoms with Crippen molar-refractivity contribution in [2.45, 2.75) is 58.4 Å². The number of rotatable bonds is 7. The molecule has 0 radical (unpaired) electrons. The zero-order valence-corrected chi connectivity index (χ0v) is 14.3. The number of nitrogens with one attached hydrogen (secondary N) is 1. The van der Waals surface area contributed by atoms with Crippen molar-refractivity contribution in [1.29, 1.82) is 0 Å². The van der Waals surface area contributed by atoms with Crippen molar-refractivity contribution < 1.29 is 14.6 Å². The number of carbonyl (C=O) groups excluding carboxylic acids is 1. The molecular weight excluding hydrogens is 290 g/mol. The molecular formula is C19H29NO3. The summed E-state index contributed by atoms with van der Waals surface area (Å²) in [6.45, 7) is 4.94. The number of aliphatic hydroxyl groups excluding tert-OH is 1. The summed E-state index contributed by atoms with van der Waals surface area (Å²) in [7, 11) is 0. The molecule has 0 saturated heterocycles. The van der Waals surface area contributed by atoms with E-state index in [1.54, 1.807) is 0 Å². The number of carbonyl (C=O) groups is 1. The second-order valence-electron chi connectivity index (χ2n) is 6.69. The zero-order chi connectivity index (χ0) is 16.7. The molecule has 1 amide bonds. The Morgan fingerprint density at radius 3 is 2.65 bits per heavy atom. The molecule has 0 atom stereocenters. The lowest BCUT2D eigenvalue weighted by atomic mass is 9.86. The van der Waals surface area contributed by atoms with E-state index in [1.165, 1.54) is 5.56 Å². The third-order valence-corrected chi connectivity index (χ3v) is 4.61. The van der Waals surface area contributed by atoms with Gasteiger partial charge in [0.15, 0.2) is 0 Å². The number of ether oxygens (including phenoxy) is 1. The summed E-state index contributed by atoms with van der Waals surface area (Å²) in [4.78, 5) is 12.0. The van der Waals surface area contributed by atoms with Gasteiger partial charge < -0.3 is 15.2 Å². The highest BCUT2D eigenvalue weighted by atomic mass is 16.5. The van der Waals surface area contributed by atoms with Gasteiger partial charge in [-0.2, -0.15) is 0 Å². The van der Waals surface area contributed by atoms with Crippen molar-refractivity contribution in [2.75, 3.05) is 13.2 Å². The van der Waals surface area contributed by atoms with Crippen LogP contribution in [0.25, 0.3) is 0 Å². The van der Waals surface area contributed by atoms with Gasteiger partial charge in [0.1, 0.15) is 5.75 Å². The van der Waals surface area contributed by atoms with Crippen molar-refractivity contribution in [3.63, 3.8) is 0 Å². The monoisotopic (exact) mass is 319 g/mol. The quantitative estimate of drug-likeness (QED) is 0.759. The second-order valence-corrected chi connectivity index (χ2v) is 6.69. The maximum absolute atomic E-state index is 12.0. The minimum absolute atomic E-state index is 0.113. The number of aryl methyl sites for hydroxylation is 2.